The van der Waals surface area contributed by atoms with Gasteiger partial charge in [-0.1, -0.05) is 15.9 Å². The third-order valence-electron chi connectivity index (χ3n) is 3.66. The van der Waals surface area contributed by atoms with Gasteiger partial charge in [-0.3, -0.25) is 9.29 Å². The fourth-order valence-corrected chi connectivity index (χ4v) is 3.12. The van der Waals surface area contributed by atoms with Gasteiger partial charge in [0.1, 0.15) is 0 Å². The molecule has 1 atom stereocenters. The maximum absolute atomic E-state index is 12.9. The monoisotopic (exact) mass is 404 g/mol. The van der Waals surface area contributed by atoms with Crippen LogP contribution in [0.15, 0.2) is 22.7 Å². The van der Waals surface area contributed by atoms with Gasteiger partial charge in [0.05, 0.1) is 12.2 Å². The number of hydrogen-bond donors (Lipinski definition) is 1. The van der Waals surface area contributed by atoms with E-state index in [4.69, 9.17) is 0 Å². The van der Waals surface area contributed by atoms with Crippen molar-refractivity contribution in [2.24, 2.45) is 0 Å². The highest BCUT2D eigenvalue weighted by Crippen LogP contribution is 2.36. The van der Waals surface area contributed by atoms with Crippen LogP contribution in [0.3, 0.4) is 0 Å². The summed E-state index contributed by atoms with van der Waals surface area (Å²) in [4.78, 5) is 2.04. The summed E-state index contributed by atoms with van der Waals surface area (Å²) in [6, 6.07) is 3.23. The topological polar surface area (TPSA) is 15.3 Å². The summed E-state index contributed by atoms with van der Waals surface area (Å²) in [5.74, 6) is 0. The summed E-state index contributed by atoms with van der Waals surface area (Å²) in [5.41, 5.74) is -0.191. The largest absolute Gasteiger partial charge is 0.416 e. The predicted octanol–water partition coefficient (Wildman–Crippen LogP) is 4.20. The van der Waals surface area contributed by atoms with Crippen molar-refractivity contribution >= 4 is 28.3 Å². The summed E-state index contributed by atoms with van der Waals surface area (Å²) >= 11 is 3.30. The maximum atomic E-state index is 12.9. The Balaban J connectivity index is 0.00000242. The highest BCUT2D eigenvalue weighted by molar-refractivity contribution is 9.10. The van der Waals surface area contributed by atoms with Gasteiger partial charge in [0.25, 0.3) is 0 Å². The van der Waals surface area contributed by atoms with Crippen LogP contribution in [0.1, 0.15) is 23.6 Å². The van der Waals surface area contributed by atoms with Crippen molar-refractivity contribution in [1.82, 2.24) is 10.2 Å². The molecule has 0 aromatic heterocycles. The first-order valence-corrected chi connectivity index (χ1v) is 7.60. The minimum atomic E-state index is -4.39. The van der Waals surface area contributed by atoms with Crippen LogP contribution in [-0.4, -0.2) is 37.8 Å². The smallest absolute Gasteiger partial charge is 0.314 e. The lowest BCUT2D eigenvalue weighted by Gasteiger charge is -2.35. The molecule has 0 aliphatic carbocycles. The molecule has 1 N–H and O–H groups in total. The molecular weight excluding hydrogens is 388 g/mol. The first-order valence-electron chi connectivity index (χ1n) is 6.81. The van der Waals surface area contributed by atoms with Crippen molar-refractivity contribution in [1.29, 1.82) is 0 Å². The first kappa shape index (κ1) is 19.7. The van der Waals surface area contributed by atoms with Crippen molar-refractivity contribution in [3.05, 3.63) is 33.8 Å². The summed E-state index contributed by atoms with van der Waals surface area (Å²) in [6.07, 6.45) is -4.20. The average molecular weight is 406 g/mol. The molecule has 8 heteroatoms. The number of benzene rings is 1. The van der Waals surface area contributed by atoms with E-state index in [1.807, 2.05) is 4.90 Å². The minimum absolute atomic E-state index is 0. The summed E-state index contributed by atoms with van der Waals surface area (Å²) in [6.45, 7) is 2.37. The Morgan fingerprint density at radius 2 is 1.86 bits per heavy atom. The Labute approximate surface area is 141 Å². The lowest BCUT2D eigenvalue weighted by Crippen LogP contribution is -2.45. The van der Waals surface area contributed by atoms with Crippen LogP contribution in [-0.2, 0) is 6.18 Å². The Hall–Kier alpha value is -0.370. The third kappa shape index (κ3) is 4.81. The SMILES string of the molecule is Cl.FCC[C@H](c1cc(C(F)(F)F)ccc1Br)N1CCNCC1. The number of nitrogens with zero attached hydrogens (tertiary/aromatic N) is 1. The highest BCUT2D eigenvalue weighted by Gasteiger charge is 2.32. The Morgan fingerprint density at radius 3 is 2.41 bits per heavy atom. The van der Waals surface area contributed by atoms with E-state index in [0.717, 1.165) is 25.2 Å². The van der Waals surface area contributed by atoms with E-state index in [2.05, 4.69) is 21.2 Å². The quantitative estimate of drug-likeness (QED) is 0.756. The van der Waals surface area contributed by atoms with Gasteiger partial charge in [0.2, 0.25) is 0 Å². The Kier molecular flexibility index (Phi) is 7.58. The molecule has 0 unspecified atom stereocenters. The Morgan fingerprint density at radius 1 is 1.23 bits per heavy atom. The minimum Gasteiger partial charge on any atom is -0.314 e. The fraction of sp³-hybridized carbons (Fsp3) is 0.571. The summed E-state index contributed by atoms with van der Waals surface area (Å²) < 4.78 is 52.1. The predicted molar refractivity (Wildman–Crippen MR) is 84.2 cm³/mol. The molecule has 22 heavy (non-hydrogen) atoms. The van der Waals surface area contributed by atoms with E-state index in [-0.39, 0.29) is 24.9 Å². The third-order valence-corrected chi connectivity index (χ3v) is 4.38. The van der Waals surface area contributed by atoms with Crippen LogP contribution < -0.4 is 5.32 Å². The van der Waals surface area contributed by atoms with E-state index in [0.29, 0.717) is 23.1 Å². The van der Waals surface area contributed by atoms with Gasteiger partial charge in [-0.05, 0) is 30.2 Å². The van der Waals surface area contributed by atoms with Gasteiger partial charge in [0.15, 0.2) is 0 Å². The van der Waals surface area contributed by atoms with Crippen molar-refractivity contribution < 1.29 is 17.6 Å². The van der Waals surface area contributed by atoms with Crippen LogP contribution in [0.4, 0.5) is 17.6 Å². The molecule has 1 aromatic carbocycles. The molecule has 1 saturated heterocycles. The molecule has 1 aliphatic rings. The van der Waals surface area contributed by atoms with Gasteiger partial charge in [-0.25, -0.2) is 0 Å². The molecule has 1 aromatic rings. The normalized spacial score (nSPS) is 17.9. The van der Waals surface area contributed by atoms with Gasteiger partial charge in [0, 0.05) is 36.7 Å². The molecule has 1 aliphatic heterocycles. The number of halogens is 6. The lowest BCUT2D eigenvalue weighted by atomic mass is 9.99. The molecule has 2 rings (SSSR count). The molecular formula is C14H18BrClF4N2. The molecule has 0 spiro atoms. The highest BCUT2D eigenvalue weighted by atomic mass is 79.9. The second kappa shape index (κ2) is 8.47. The van der Waals surface area contributed by atoms with Crippen molar-refractivity contribution in [3.8, 4) is 0 Å². The molecule has 0 saturated carbocycles. The van der Waals surface area contributed by atoms with Crippen LogP contribution in [0.5, 0.6) is 0 Å². The molecule has 1 fully saturated rings. The molecule has 1 heterocycles. The molecule has 126 valence electrons. The van der Waals surface area contributed by atoms with Crippen LogP contribution in [0.25, 0.3) is 0 Å². The van der Waals surface area contributed by atoms with Crippen molar-refractivity contribution in [2.45, 2.75) is 18.6 Å². The van der Waals surface area contributed by atoms with Gasteiger partial charge < -0.3 is 5.32 Å². The zero-order valence-electron chi connectivity index (χ0n) is 11.8. The van der Waals surface area contributed by atoms with Crippen LogP contribution in [0.2, 0.25) is 0 Å². The van der Waals surface area contributed by atoms with Gasteiger partial charge in [-0.2, -0.15) is 13.2 Å². The number of alkyl halides is 4. The molecule has 0 bridgehead atoms. The zero-order valence-corrected chi connectivity index (χ0v) is 14.2. The van der Waals surface area contributed by atoms with E-state index in [1.54, 1.807) is 0 Å². The number of hydrogen-bond acceptors (Lipinski definition) is 2. The maximum Gasteiger partial charge on any atom is 0.416 e. The zero-order chi connectivity index (χ0) is 15.5. The standard InChI is InChI=1S/C14H17BrF4N2.ClH/c15-12-2-1-10(14(17,18)19)9-11(12)13(3-4-16)21-7-5-20-6-8-21;/h1-2,9,13,20H,3-8H2;1H/t13-;/m1./s1. The lowest BCUT2D eigenvalue weighted by molar-refractivity contribution is -0.137. The van der Waals surface area contributed by atoms with E-state index in [1.165, 1.54) is 6.07 Å². The summed E-state index contributed by atoms with van der Waals surface area (Å²) in [5, 5.41) is 3.19. The van der Waals surface area contributed by atoms with E-state index < -0.39 is 18.4 Å². The van der Waals surface area contributed by atoms with Crippen molar-refractivity contribution in [2.75, 3.05) is 32.9 Å². The second-order valence-corrected chi connectivity index (χ2v) is 5.87. The molecule has 0 radical (unpaired) electrons. The molecule has 2 nitrogen and oxygen atoms in total. The Bertz CT molecular complexity index is 478. The first-order chi connectivity index (χ1) is 9.93. The van der Waals surface area contributed by atoms with Crippen LogP contribution >= 0.6 is 28.3 Å². The fourth-order valence-electron chi connectivity index (χ4n) is 2.61. The van der Waals surface area contributed by atoms with Gasteiger partial charge >= 0.3 is 6.18 Å². The summed E-state index contributed by atoms with van der Waals surface area (Å²) in [7, 11) is 0. The molecule has 0 amide bonds. The van der Waals surface area contributed by atoms with E-state index >= 15 is 0 Å². The number of nitrogens with one attached hydrogen (secondary N) is 1. The number of piperazine rings is 1. The van der Waals surface area contributed by atoms with Crippen LogP contribution in [0, 0.1) is 0 Å². The van der Waals surface area contributed by atoms with Crippen molar-refractivity contribution in [3.63, 3.8) is 0 Å². The second-order valence-electron chi connectivity index (χ2n) is 5.01. The number of rotatable bonds is 4. The van der Waals surface area contributed by atoms with E-state index in [9.17, 15) is 17.6 Å². The average Bonchev–Trinajstić information content (AvgIpc) is 2.45. The van der Waals surface area contributed by atoms with Gasteiger partial charge in [-0.15, -0.1) is 12.4 Å².